The van der Waals surface area contributed by atoms with E-state index in [1.807, 2.05) is 19.2 Å². The first kappa shape index (κ1) is 23.9. The number of guanidine groups is 1. The predicted molar refractivity (Wildman–Crippen MR) is 113 cm³/mol. The standard InChI is InChI=1S/C18H31N3O3.HI/c1-5-19-18(20-11-6-12-24-14-13-22-3)21(2)15-16-7-9-17(23-4)10-8-16;/h7-10H,5-6,11-15H2,1-4H3,(H,19,20);1H. The molecule has 0 bridgehead atoms. The van der Waals surface area contributed by atoms with Crippen molar-refractivity contribution in [3.05, 3.63) is 29.8 Å². The summed E-state index contributed by atoms with van der Waals surface area (Å²) >= 11 is 0. The number of benzene rings is 1. The van der Waals surface area contributed by atoms with Crippen LogP contribution in [0, 0.1) is 0 Å². The van der Waals surface area contributed by atoms with Gasteiger partial charge in [0, 0.05) is 40.4 Å². The average molecular weight is 465 g/mol. The number of nitrogens with zero attached hydrogens (tertiary/aromatic N) is 2. The molecule has 0 atom stereocenters. The second kappa shape index (κ2) is 15.2. The highest BCUT2D eigenvalue weighted by atomic mass is 127. The highest BCUT2D eigenvalue weighted by molar-refractivity contribution is 14.0. The summed E-state index contributed by atoms with van der Waals surface area (Å²) < 4.78 is 15.6. The summed E-state index contributed by atoms with van der Waals surface area (Å²) in [6.45, 7) is 6.42. The largest absolute Gasteiger partial charge is 0.497 e. The molecule has 1 N–H and O–H groups in total. The van der Waals surface area contributed by atoms with Crippen LogP contribution in [-0.4, -0.2) is 65.0 Å². The van der Waals surface area contributed by atoms with E-state index in [4.69, 9.17) is 14.2 Å². The summed E-state index contributed by atoms with van der Waals surface area (Å²) in [6.07, 6.45) is 0.898. The quantitative estimate of drug-likeness (QED) is 0.236. The zero-order chi connectivity index (χ0) is 17.6. The topological polar surface area (TPSA) is 55.3 Å². The molecule has 0 fully saturated rings. The van der Waals surface area contributed by atoms with E-state index in [1.165, 1.54) is 5.56 Å². The molecule has 0 heterocycles. The molecule has 0 aliphatic heterocycles. The van der Waals surface area contributed by atoms with Gasteiger partial charge in [0.25, 0.3) is 0 Å². The molecule has 1 aromatic carbocycles. The first-order valence-corrected chi connectivity index (χ1v) is 8.40. The maximum Gasteiger partial charge on any atom is 0.193 e. The number of nitrogens with one attached hydrogen (secondary N) is 1. The van der Waals surface area contributed by atoms with Crippen LogP contribution in [-0.2, 0) is 16.0 Å². The third-order valence-corrected chi connectivity index (χ3v) is 3.42. The van der Waals surface area contributed by atoms with Crippen molar-refractivity contribution in [2.75, 3.05) is 54.2 Å². The molecule has 1 rings (SSSR count). The lowest BCUT2D eigenvalue weighted by atomic mass is 10.2. The molecule has 0 aliphatic carbocycles. The minimum Gasteiger partial charge on any atom is -0.497 e. The molecule has 0 saturated carbocycles. The first-order chi connectivity index (χ1) is 11.7. The van der Waals surface area contributed by atoms with E-state index in [1.54, 1.807) is 14.2 Å². The second-order valence-corrected chi connectivity index (χ2v) is 5.40. The summed E-state index contributed by atoms with van der Waals surface area (Å²) in [7, 11) is 5.39. The molecule has 0 aliphatic rings. The lowest BCUT2D eigenvalue weighted by Crippen LogP contribution is -2.38. The van der Waals surface area contributed by atoms with Crippen LogP contribution in [0.1, 0.15) is 18.9 Å². The highest BCUT2D eigenvalue weighted by Gasteiger charge is 2.06. The molecule has 7 heteroatoms. The summed E-state index contributed by atoms with van der Waals surface area (Å²) in [4.78, 5) is 6.78. The molecule has 0 spiro atoms. The van der Waals surface area contributed by atoms with Crippen LogP contribution in [0.25, 0.3) is 0 Å². The van der Waals surface area contributed by atoms with Gasteiger partial charge in [0.1, 0.15) is 5.75 Å². The minimum atomic E-state index is 0. The Labute approximate surface area is 169 Å². The van der Waals surface area contributed by atoms with Gasteiger partial charge >= 0.3 is 0 Å². The fraction of sp³-hybridized carbons (Fsp3) is 0.611. The number of halogens is 1. The smallest absolute Gasteiger partial charge is 0.193 e. The van der Waals surface area contributed by atoms with Gasteiger partial charge in [0.15, 0.2) is 5.96 Å². The molecular formula is C18H32IN3O3. The first-order valence-electron chi connectivity index (χ1n) is 8.40. The Bertz CT molecular complexity index is 469. The van der Waals surface area contributed by atoms with Gasteiger partial charge in [-0.1, -0.05) is 12.1 Å². The van der Waals surface area contributed by atoms with Crippen molar-refractivity contribution in [1.82, 2.24) is 10.2 Å². The highest BCUT2D eigenvalue weighted by Crippen LogP contribution is 2.12. The Morgan fingerprint density at radius 3 is 2.44 bits per heavy atom. The Morgan fingerprint density at radius 2 is 1.84 bits per heavy atom. The van der Waals surface area contributed by atoms with E-state index >= 15 is 0 Å². The van der Waals surface area contributed by atoms with Crippen molar-refractivity contribution < 1.29 is 14.2 Å². The van der Waals surface area contributed by atoms with Crippen molar-refractivity contribution in [3.63, 3.8) is 0 Å². The Hall–Kier alpha value is -1.06. The zero-order valence-electron chi connectivity index (χ0n) is 15.8. The van der Waals surface area contributed by atoms with Crippen LogP contribution in [0.4, 0.5) is 0 Å². The number of hydrogen-bond acceptors (Lipinski definition) is 4. The molecule has 0 radical (unpaired) electrons. The lowest BCUT2D eigenvalue weighted by Gasteiger charge is -2.22. The monoisotopic (exact) mass is 465 g/mol. The molecular weight excluding hydrogens is 433 g/mol. The molecule has 6 nitrogen and oxygen atoms in total. The number of rotatable bonds is 11. The summed E-state index contributed by atoms with van der Waals surface area (Å²) in [6, 6.07) is 8.10. The van der Waals surface area contributed by atoms with Gasteiger partial charge < -0.3 is 24.4 Å². The van der Waals surface area contributed by atoms with Gasteiger partial charge in [-0.2, -0.15) is 0 Å². The molecule has 0 unspecified atom stereocenters. The van der Waals surface area contributed by atoms with Crippen LogP contribution < -0.4 is 10.1 Å². The van der Waals surface area contributed by atoms with E-state index in [-0.39, 0.29) is 24.0 Å². The van der Waals surface area contributed by atoms with Crippen LogP contribution in [0.3, 0.4) is 0 Å². The predicted octanol–water partition coefficient (Wildman–Crippen LogP) is 2.76. The van der Waals surface area contributed by atoms with E-state index < -0.39 is 0 Å². The summed E-state index contributed by atoms with van der Waals surface area (Å²) in [5, 5.41) is 3.33. The van der Waals surface area contributed by atoms with Gasteiger partial charge in [-0.15, -0.1) is 24.0 Å². The molecule has 1 aromatic rings. The van der Waals surface area contributed by atoms with E-state index in [2.05, 4.69) is 34.3 Å². The Balaban J connectivity index is 0.00000576. The molecule has 0 aromatic heterocycles. The maximum atomic E-state index is 5.45. The van der Waals surface area contributed by atoms with Crippen molar-refractivity contribution in [2.45, 2.75) is 19.9 Å². The number of ether oxygens (including phenoxy) is 3. The second-order valence-electron chi connectivity index (χ2n) is 5.40. The van der Waals surface area contributed by atoms with Gasteiger partial charge in [-0.3, -0.25) is 4.99 Å². The normalized spacial score (nSPS) is 11.0. The minimum absolute atomic E-state index is 0. The molecule has 0 saturated heterocycles. The van der Waals surface area contributed by atoms with Gasteiger partial charge in [0.05, 0.1) is 20.3 Å². The maximum absolute atomic E-state index is 5.45. The van der Waals surface area contributed by atoms with E-state index in [0.29, 0.717) is 19.8 Å². The summed E-state index contributed by atoms with van der Waals surface area (Å²) in [5.74, 6) is 1.78. The fourth-order valence-corrected chi connectivity index (χ4v) is 2.15. The van der Waals surface area contributed by atoms with Crippen LogP contribution in [0.15, 0.2) is 29.3 Å². The van der Waals surface area contributed by atoms with Gasteiger partial charge in [0.2, 0.25) is 0 Å². The van der Waals surface area contributed by atoms with Crippen molar-refractivity contribution in [1.29, 1.82) is 0 Å². The third-order valence-electron chi connectivity index (χ3n) is 3.42. The third kappa shape index (κ3) is 10.5. The molecule has 0 amide bonds. The van der Waals surface area contributed by atoms with Gasteiger partial charge in [-0.25, -0.2) is 0 Å². The SMILES string of the molecule is CCNC(=NCCCOCCOC)N(C)Cc1ccc(OC)cc1.I. The number of aliphatic imine (C=N–C) groups is 1. The van der Waals surface area contributed by atoms with Crippen LogP contribution in [0.5, 0.6) is 5.75 Å². The fourth-order valence-electron chi connectivity index (χ4n) is 2.15. The number of hydrogen-bond donors (Lipinski definition) is 1. The zero-order valence-corrected chi connectivity index (χ0v) is 18.1. The van der Waals surface area contributed by atoms with Crippen LogP contribution >= 0.6 is 24.0 Å². The molecule has 25 heavy (non-hydrogen) atoms. The van der Waals surface area contributed by atoms with Crippen molar-refractivity contribution in [3.8, 4) is 5.75 Å². The van der Waals surface area contributed by atoms with Crippen molar-refractivity contribution in [2.24, 2.45) is 4.99 Å². The average Bonchev–Trinajstić information content (AvgIpc) is 2.60. The lowest BCUT2D eigenvalue weighted by molar-refractivity contribution is 0.0702. The summed E-state index contributed by atoms with van der Waals surface area (Å²) in [5.41, 5.74) is 1.21. The van der Waals surface area contributed by atoms with Crippen LogP contribution in [0.2, 0.25) is 0 Å². The van der Waals surface area contributed by atoms with E-state index in [0.717, 1.165) is 37.8 Å². The Kier molecular flexibility index (Phi) is 14.6. The molecule has 144 valence electrons. The number of methoxy groups -OCH3 is 2. The van der Waals surface area contributed by atoms with E-state index in [9.17, 15) is 0 Å². The van der Waals surface area contributed by atoms with Crippen molar-refractivity contribution >= 4 is 29.9 Å². The van der Waals surface area contributed by atoms with Gasteiger partial charge in [-0.05, 0) is 31.0 Å². The Morgan fingerprint density at radius 1 is 1.12 bits per heavy atom.